The molecule has 1 aliphatic rings. The third kappa shape index (κ3) is 3.12. The predicted molar refractivity (Wildman–Crippen MR) is 77.4 cm³/mol. The van der Waals surface area contributed by atoms with Crippen molar-refractivity contribution in [2.24, 2.45) is 11.7 Å². The van der Waals surface area contributed by atoms with Gasteiger partial charge in [0.1, 0.15) is 5.69 Å². The fourth-order valence-electron chi connectivity index (χ4n) is 2.53. The summed E-state index contributed by atoms with van der Waals surface area (Å²) in [7, 11) is 0. The van der Waals surface area contributed by atoms with E-state index in [4.69, 9.17) is 17.3 Å². The van der Waals surface area contributed by atoms with E-state index < -0.39 is 0 Å². The number of carbonyl (C=O) groups excluding carboxylic acids is 1. The average Bonchev–Trinajstić information content (AvgIpc) is 2.73. The number of carbonyl (C=O) groups is 1. The molecule has 1 aromatic heterocycles. The van der Waals surface area contributed by atoms with Crippen LogP contribution >= 0.6 is 11.6 Å². The monoisotopic (exact) mass is 283 g/mol. The van der Waals surface area contributed by atoms with Gasteiger partial charge in [0.15, 0.2) is 0 Å². The first kappa shape index (κ1) is 14.4. The molecule has 0 radical (unpaired) electrons. The van der Waals surface area contributed by atoms with Gasteiger partial charge in [0.25, 0.3) is 5.91 Å². The number of piperidine rings is 1. The van der Waals surface area contributed by atoms with Gasteiger partial charge in [0.05, 0.1) is 5.02 Å². The van der Waals surface area contributed by atoms with Crippen LogP contribution in [0.1, 0.15) is 37.2 Å². The first-order valence-electron chi connectivity index (χ1n) is 6.93. The maximum atomic E-state index is 12.6. The lowest BCUT2D eigenvalue weighted by Crippen LogP contribution is -2.50. The summed E-state index contributed by atoms with van der Waals surface area (Å²) in [5, 5.41) is 0.617. The Balaban J connectivity index is 2.15. The zero-order chi connectivity index (χ0) is 14.0. The van der Waals surface area contributed by atoms with E-state index in [2.05, 4.69) is 13.8 Å². The van der Waals surface area contributed by atoms with Gasteiger partial charge in [0.2, 0.25) is 0 Å². The summed E-state index contributed by atoms with van der Waals surface area (Å²) in [4.78, 5) is 14.4. The quantitative estimate of drug-likeness (QED) is 0.926. The predicted octanol–water partition coefficient (Wildman–Crippen LogP) is 2.36. The van der Waals surface area contributed by atoms with E-state index in [1.54, 1.807) is 6.07 Å². The van der Waals surface area contributed by atoms with Crippen molar-refractivity contribution in [1.29, 1.82) is 0 Å². The van der Waals surface area contributed by atoms with Crippen LogP contribution in [0.25, 0.3) is 0 Å². The molecule has 19 heavy (non-hydrogen) atoms. The minimum absolute atomic E-state index is 0.0442. The Bertz CT molecular complexity index is 458. The van der Waals surface area contributed by atoms with Crippen LogP contribution < -0.4 is 5.73 Å². The number of aryl methyl sites for hydroxylation is 1. The molecule has 1 fully saturated rings. The second-order valence-electron chi connectivity index (χ2n) is 5.42. The van der Waals surface area contributed by atoms with Gasteiger partial charge < -0.3 is 15.2 Å². The normalized spacial score (nSPS) is 23.7. The Morgan fingerprint density at radius 2 is 2.32 bits per heavy atom. The molecule has 2 atom stereocenters. The van der Waals surface area contributed by atoms with Crippen molar-refractivity contribution in [2.45, 2.75) is 39.3 Å². The summed E-state index contributed by atoms with van der Waals surface area (Å²) in [6.45, 7) is 6.45. The molecule has 2 N–H and O–H groups in total. The van der Waals surface area contributed by atoms with Crippen molar-refractivity contribution in [3.8, 4) is 0 Å². The number of rotatable bonds is 3. The summed E-state index contributed by atoms with van der Waals surface area (Å²) in [5.41, 5.74) is 6.73. The Morgan fingerprint density at radius 1 is 1.58 bits per heavy atom. The Kier molecular flexibility index (Phi) is 4.53. The lowest BCUT2D eigenvalue weighted by atomic mass is 9.94. The summed E-state index contributed by atoms with van der Waals surface area (Å²) >= 11 is 6.02. The Morgan fingerprint density at radius 3 is 2.95 bits per heavy atom. The number of aromatic nitrogens is 1. The molecule has 1 aromatic rings. The summed E-state index contributed by atoms with van der Waals surface area (Å²) in [6, 6.07) is 1.83. The van der Waals surface area contributed by atoms with E-state index in [0.29, 0.717) is 23.2 Å². The lowest BCUT2D eigenvalue weighted by molar-refractivity contribution is 0.0661. The topological polar surface area (TPSA) is 51.3 Å². The van der Waals surface area contributed by atoms with E-state index in [9.17, 15) is 4.79 Å². The van der Waals surface area contributed by atoms with Gasteiger partial charge in [-0.05, 0) is 24.8 Å². The number of nitrogens with two attached hydrogens (primary N) is 1. The van der Waals surface area contributed by atoms with Gasteiger partial charge in [-0.3, -0.25) is 4.79 Å². The van der Waals surface area contributed by atoms with Crippen LogP contribution in [0.4, 0.5) is 0 Å². The molecule has 106 valence electrons. The standard InChI is InChI=1S/C14H22ClN3O/c1-3-5-17-8-11(15)7-13(17)14(19)18-6-4-10(2)12(16)9-18/h7-8,10,12H,3-6,9,16H2,1-2H3. The maximum Gasteiger partial charge on any atom is 0.270 e. The fraction of sp³-hybridized carbons (Fsp3) is 0.643. The number of halogens is 1. The van der Waals surface area contributed by atoms with Gasteiger partial charge in [0, 0.05) is 31.9 Å². The van der Waals surface area contributed by atoms with Gasteiger partial charge in [-0.1, -0.05) is 25.4 Å². The van der Waals surface area contributed by atoms with Gasteiger partial charge in [-0.15, -0.1) is 0 Å². The zero-order valence-electron chi connectivity index (χ0n) is 11.6. The highest BCUT2D eigenvalue weighted by molar-refractivity contribution is 6.31. The molecule has 1 aliphatic heterocycles. The molecule has 4 nitrogen and oxygen atoms in total. The number of likely N-dealkylation sites (tertiary alicyclic amines) is 1. The van der Waals surface area contributed by atoms with Gasteiger partial charge in [-0.25, -0.2) is 0 Å². The third-order valence-corrected chi connectivity index (χ3v) is 4.06. The van der Waals surface area contributed by atoms with Crippen LogP contribution in [0, 0.1) is 5.92 Å². The van der Waals surface area contributed by atoms with Crippen molar-refractivity contribution < 1.29 is 4.79 Å². The van der Waals surface area contributed by atoms with Crippen LogP contribution in [0.3, 0.4) is 0 Å². The molecule has 1 amide bonds. The minimum Gasteiger partial charge on any atom is -0.342 e. The molecule has 1 saturated heterocycles. The molecule has 0 aliphatic carbocycles. The van der Waals surface area contributed by atoms with Crippen LogP contribution in [-0.4, -0.2) is 34.5 Å². The van der Waals surface area contributed by atoms with E-state index in [0.717, 1.165) is 25.9 Å². The van der Waals surface area contributed by atoms with Crippen molar-refractivity contribution in [2.75, 3.05) is 13.1 Å². The third-order valence-electron chi connectivity index (χ3n) is 3.85. The number of hydrogen-bond donors (Lipinski definition) is 1. The number of amides is 1. The first-order chi connectivity index (χ1) is 9.02. The average molecular weight is 284 g/mol. The summed E-state index contributed by atoms with van der Waals surface area (Å²) < 4.78 is 1.94. The summed E-state index contributed by atoms with van der Waals surface area (Å²) in [6.07, 6.45) is 3.77. The van der Waals surface area contributed by atoms with Crippen LogP contribution in [-0.2, 0) is 6.54 Å². The highest BCUT2D eigenvalue weighted by atomic mass is 35.5. The maximum absolute atomic E-state index is 12.6. The molecular formula is C14H22ClN3O. The van der Waals surface area contributed by atoms with Gasteiger partial charge in [-0.2, -0.15) is 0 Å². The SMILES string of the molecule is CCCn1cc(Cl)cc1C(=O)N1CCC(C)C(N)C1. The largest absolute Gasteiger partial charge is 0.342 e. The lowest BCUT2D eigenvalue weighted by Gasteiger charge is -2.35. The molecule has 2 heterocycles. The van der Waals surface area contributed by atoms with E-state index in [1.165, 1.54) is 0 Å². The number of nitrogens with zero attached hydrogens (tertiary/aromatic N) is 2. The van der Waals surface area contributed by atoms with Crippen LogP contribution in [0.2, 0.25) is 5.02 Å². The number of hydrogen-bond acceptors (Lipinski definition) is 2. The van der Waals surface area contributed by atoms with Crippen molar-refractivity contribution in [3.63, 3.8) is 0 Å². The Labute approximate surface area is 119 Å². The highest BCUT2D eigenvalue weighted by Gasteiger charge is 2.28. The van der Waals surface area contributed by atoms with E-state index in [-0.39, 0.29) is 11.9 Å². The smallest absolute Gasteiger partial charge is 0.270 e. The van der Waals surface area contributed by atoms with Crippen molar-refractivity contribution >= 4 is 17.5 Å². The van der Waals surface area contributed by atoms with Crippen LogP contribution in [0.5, 0.6) is 0 Å². The molecule has 2 unspecified atom stereocenters. The highest BCUT2D eigenvalue weighted by Crippen LogP contribution is 2.21. The Hall–Kier alpha value is -1.00. The van der Waals surface area contributed by atoms with Gasteiger partial charge >= 0.3 is 0 Å². The first-order valence-corrected chi connectivity index (χ1v) is 7.31. The van der Waals surface area contributed by atoms with E-state index >= 15 is 0 Å². The second-order valence-corrected chi connectivity index (χ2v) is 5.85. The second kappa shape index (κ2) is 5.97. The molecule has 0 aromatic carbocycles. The molecule has 0 saturated carbocycles. The molecule has 0 spiro atoms. The fourth-order valence-corrected chi connectivity index (χ4v) is 2.75. The molecule has 0 bridgehead atoms. The van der Waals surface area contributed by atoms with E-state index in [1.807, 2.05) is 15.7 Å². The molecular weight excluding hydrogens is 262 g/mol. The molecule has 5 heteroatoms. The van der Waals surface area contributed by atoms with Crippen molar-refractivity contribution in [1.82, 2.24) is 9.47 Å². The minimum atomic E-state index is 0.0442. The van der Waals surface area contributed by atoms with Crippen LogP contribution in [0.15, 0.2) is 12.3 Å². The molecule has 2 rings (SSSR count). The summed E-state index contributed by atoms with van der Waals surface area (Å²) in [5.74, 6) is 0.526. The van der Waals surface area contributed by atoms with Crippen molar-refractivity contribution in [3.05, 3.63) is 23.0 Å². The zero-order valence-corrected chi connectivity index (χ0v) is 12.4.